The van der Waals surface area contributed by atoms with E-state index in [0.29, 0.717) is 0 Å². The van der Waals surface area contributed by atoms with E-state index in [2.05, 4.69) is 36.9 Å². The molecule has 1 heterocycles. The molecule has 0 fully saturated rings. The van der Waals surface area contributed by atoms with Gasteiger partial charge in [-0.3, -0.25) is 0 Å². The molecule has 0 aliphatic carbocycles. The van der Waals surface area contributed by atoms with E-state index in [4.69, 9.17) is 5.73 Å². The summed E-state index contributed by atoms with van der Waals surface area (Å²) in [6.45, 7) is 3.99. The van der Waals surface area contributed by atoms with E-state index in [9.17, 15) is 0 Å². The molecule has 4 nitrogen and oxygen atoms in total. The largest absolute Gasteiger partial charge is 0.398 e. The summed E-state index contributed by atoms with van der Waals surface area (Å²) in [7, 11) is 0. The number of imidazole rings is 1. The molecule has 1 aromatic carbocycles. The van der Waals surface area contributed by atoms with Gasteiger partial charge in [0.2, 0.25) is 0 Å². The molecule has 19 heavy (non-hydrogen) atoms. The molecule has 0 unspecified atom stereocenters. The highest BCUT2D eigenvalue weighted by Crippen LogP contribution is 2.27. The maximum absolute atomic E-state index is 5.85. The standard InChI is InChI=1S/C14H19BrN4/c1-11-8-14(12(15)9-13(11)16)18-4-2-3-6-19-7-5-17-10-19/h5,7-10,18H,2-4,6,16H2,1H3. The first-order chi connectivity index (χ1) is 9.16. The minimum atomic E-state index is 0.817. The van der Waals surface area contributed by atoms with Gasteiger partial charge < -0.3 is 15.6 Å². The number of nitrogen functional groups attached to an aromatic ring is 1. The van der Waals surface area contributed by atoms with Crippen molar-refractivity contribution in [3.63, 3.8) is 0 Å². The Balaban J connectivity index is 1.75. The molecular weight excluding hydrogens is 304 g/mol. The third kappa shape index (κ3) is 3.99. The van der Waals surface area contributed by atoms with Crippen molar-refractivity contribution in [2.75, 3.05) is 17.6 Å². The van der Waals surface area contributed by atoms with E-state index >= 15 is 0 Å². The second-order valence-electron chi connectivity index (χ2n) is 4.62. The minimum absolute atomic E-state index is 0.817. The van der Waals surface area contributed by atoms with Crippen LogP contribution in [0.2, 0.25) is 0 Å². The second kappa shape index (κ2) is 6.61. The number of nitrogens with two attached hydrogens (primary N) is 1. The van der Waals surface area contributed by atoms with Crippen LogP contribution >= 0.6 is 15.9 Å². The van der Waals surface area contributed by atoms with Crippen LogP contribution < -0.4 is 11.1 Å². The van der Waals surface area contributed by atoms with Crippen LogP contribution in [0.15, 0.2) is 35.3 Å². The molecule has 0 saturated carbocycles. The predicted octanol–water partition coefficient (Wildman–Crippen LogP) is 3.43. The van der Waals surface area contributed by atoms with Crippen molar-refractivity contribution in [1.29, 1.82) is 0 Å². The third-order valence-electron chi connectivity index (χ3n) is 3.07. The van der Waals surface area contributed by atoms with Crippen LogP contribution in [-0.4, -0.2) is 16.1 Å². The topological polar surface area (TPSA) is 55.9 Å². The lowest BCUT2D eigenvalue weighted by Crippen LogP contribution is -2.05. The maximum atomic E-state index is 5.85. The van der Waals surface area contributed by atoms with Gasteiger partial charge in [-0.1, -0.05) is 0 Å². The van der Waals surface area contributed by atoms with Gasteiger partial charge in [-0.15, -0.1) is 0 Å². The number of benzene rings is 1. The summed E-state index contributed by atoms with van der Waals surface area (Å²) < 4.78 is 3.12. The van der Waals surface area contributed by atoms with Crippen molar-refractivity contribution in [3.8, 4) is 0 Å². The van der Waals surface area contributed by atoms with Crippen LogP contribution in [0.3, 0.4) is 0 Å². The molecular formula is C14H19BrN4. The Kier molecular flexibility index (Phi) is 4.85. The fraction of sp³-hybridized carbons (Fsp3) is 0.357. The van der Waals surface area contributed by atoms with Crippen molar-refractivity contribution < 1.29 is 0 Å². The lowest BCUT2D eigenvalue weighted by atomic mass is 10.2. The van der Waals surface area contributed by atoms with Gasteiger partial charge in [0, 0.05) is 41.3 Å². The molecule has 2 rings (SSSR count). The fourth-order valence-corrected chi connectivity index (χ4v) is 2.40. The van der Waals surface area contributed by atoms with Crippen LogP contribution in [0.4, 0.5) is 11.4 Å². The summed E-state index contributed by atoms with van der Waals surface area (Å²) in [5.41, 5.74) is 8.88. The van der Waals surface area contributed by atoms with Crippen LogP contribution in [0.5, 0.6) is 0 Å². The van der Waals surface area contributed by atoms with Gasteiger partial charge in [-0.25, -0.2) is 4.98 Å². The summed E-state index contributed by atoms with van der Waals surface area (Å²) in [6.07, 6.45) is 7.91. The van der Waals surface area contributed by atoms with E-state index in [1.165, 1.54) is 0 Å². The monoisotopic (exact) mass is 322 g/mol. The molecule has 0 bridgehead atoms. The molecule has 0 aliphatic rings. The molecule has 0 radical (unpaired) electrons. The number of rotatable bonds is 6. The number of anilines is 2. The molecule has 0 atom stereocenters. The van der Waals surface area contributed by atoms with E-state index < -0.39 is 0 Å². The number of aryl methyl sites for hydroxylation is 2. The second-order valence-corrected chi connectivity index (χ2v) is 5.48. The zero-order valence-electron chi connectivity index (χ0n) is 11.1. The van der Waals surface area contributed by atoms with Crippen LogP contribution in [0.25, 0.3) is 0 Å². The Morgan fingerprint density at radius 2 is 2.21 bits per heavy atom. The summed E-state index contributed by atoms with van der Waals surface area (Å²) >= 11 is 3.53. The number of hydrogen-bond acceptors (Lipinski definition) is 3. The number of nitrogens with one attached hydrogen (secondary N) is 1. The molecule has 1 aromatic heterocycles. The zero-order chi connectivity index (χ0) is 13.7. The number of nitrogens with zero attached hydrogens (tertiary/aromatic N) is 2. The van der Waals surface area contributed by atoms with Gasteiger partial charge in [0.15, 0.2) is 0 Å². The molecule has 0 aliphatic heterocycles. The van der Waals surface area contributed by atoms with E-state index in [0.717, 1.165) is 47.3 Å². The van der Waals surface area contributed by atoms with Gasteiger partial charge in [0.25, 0.3) is 0 Å². The van der Waals surface area contributed by atoms with E-state index in [1.54, 1.807) is 0 Å². The van der Waals surface area contributed by atoms with Crippen molar-refractivity contribution in [3.05, 3.63) is 40.9 Å². The summed E-state index contributed by atoms with van der Waals surface area (Å²) in [6, 6.07) is 4.03. The molecule has 2 aromatic rings. The summed E-state index contributed by atoms with van der Waals surface area (Å²) in [5, 5.41) is 3.43. The normalized spacial score (nSPS) is 10.6. The van der Waals surface area contributed by atoms with E-state index in [1.807, 2.05) is 31.7 Å². The van der Waals surface area contributed by atoms with Crippen LogP contribution in [0, 0.1) is 6.92 Å². The Morgan fingerprint density at radius 3 is 2.95 bits per heavy atom. The van der Waals surface area contributed by atoms with Crippen molar-refractivity contribution in [2.45, 2.75) is 26.3 Å². The number of aromatic nitrogens is 2. The van der Waals surface area contributed by atoms with Gasteiger partial charge in [0.05, 0.1) is 6.33 Å². The quantitative estimate of drug-likeness (QED) is 0.632. The van der Waals surface area contributed by atoms with Gasteiger partial charge in [-0.2, -0.15) is 0 Å². The molecule has 0 amide bonds. The predicted molar refractivity (Wildman–Crippen MR) is 83.2 cm³/mol. The Bertz CT molecular complexity index is 522. The van der Waals surface area contributed by atoms with Gasteiger partial charge in [-0.05, 0) is 53.4 Å². The summed E-state index contributed by atoms with van der Waals surface area (Å²) in [5.74, 6) is 0. The van der Waals surface area contributed by atoms with Crippen molar-refractivity contribution >= 4 is 27.3 Å². The average molecular weight is 323 g/mol. The fourth-order valence-electron chi connectivity index (χ4n) is 1.89. The molecule has 0 saturated heterocycles. The highest BCUT2D eigenvalue weighted by atomic mass is 79.9. The van der Waals surface area contributed by atoms with Gasteiger partial charge in [0.1, 0.15) is 0 Å². The third-order valence-corrected chi connectivity index (χ3v) is 3.73. The molecule has 5 heteroatoms. The smallest absolute Gasteiger partial charge is 0.0945 e. The maximum Gasteiger partial charge on any atom is 0.0945 e. The SMILES string of the molecule is Cc1cc(NCCCCn2ccnc2)c(Br)cc1N. The zero-order valence-corrected chi connectivity index (χ0v) is 12.7. The first kappa shape index (κ1) is 13.9. The van der Waals surface area contributed by atoms with E-state index in [-0.39, 0.29) is 0 Å². The number of unbranched alkanes of at least 4 members (excludes halogenated alkanes) is 1. The van der Waals surface area contributed by atoms with Crippen LogP contribution in [-0.2, 0) is 6.54 Å². The van der Waals surface area contributed by atoms with Crippen molar-refractivity contribution in [1.82, 2.24) is 9.55 Å². The molecule has 0 spiro atoms. The first-order valence-corrected chi connectivity index (χ1v) is 7.21. The first-order valence-electron chi connectivity index (χ1n) is 6.42. The number of hydrogen-bond donors (Lipinski definition) is 2. The molecule has 102 valence electrons. The van der Waals surface area contributed by atoms with Crippen molar-refractivity contribution in [2.24, 2.45) is 0 Å². The van der Waals surface area contributed by atoms with Crippen LogP contribution in [0.1, 0.15) is 18.4 Å². The Labute approximate surface area is 122 Å². The van der Waals surface area contributed by atoms with Gasteiger partial charge >= 0.3 is 0 Å². The highest BCUT2D eigenvalue weighted by molar-refractivity contribution is 9.10. The average Bonchev–Trinajstić information content (AvgIpc) is 2.88. The number of halogens is 1. The lowest BCUT2D eigenvalue weighted by Gasteiger charge is -2.11. The Hall–Kier alpha value is -1.49. The lowest BCUT2D eigenvalue weighted by molar-refractivity contribution is 0.621. The minimum Gasteiger partial charge on any atom is -0.398 e. The highest BCUT2D eigenvalue weighted by Gasteiger charge is 2.02. The summed E-state index contributed by atoms with van der Waals surface area (Å²) in [4.78, 5) is 4.03. The Morgan fingerprint density at radius 1 is 1.37 bits per heavy atom. The molecule has 3 N–H and O–H groups in total.